The molecule has 17 heavy (non-hydrogen) atoms. The lowest BCUT2D eigenvalue weighted by Gasteiger charge is -2.13. The van der Waals surface area contributed by atoms with Gasteiger partial charge in [0.05, 0.1) is 6.04 Å². The maximum Gasteiger partial charge on any atom is 0.128 e. The van der Waals surface area contributed by atoms with E-state index < -0.39 is 6.04 Å². The molecule has 0 bridgehead atoms. The molecule has 2 rings (SSSR count). The zero-order valence-electron chi connectivity index (χ0n) is 9.63. The molecule has 0 saturated heterocycles. The molecule has 0 radical (unpaired) electrons. The summed E-state index contributed by atoms with van der Waals surface area (Å²) >= 11 is 7.47. The van der Waals surface area contributed by atoms with Gasteiger partial charge in [0.2, 0.25) is 0 Å². The summed E-state index contributed by atoms with van der Waals surface area (Å²) in [5.41, 5.74) is 7.66. The molecule has 1 nitrogen and oxygen atoms in total. The van der Waals surface area contributed by atoms with Crippen LogP contribution in [0.5, 0.6) is 0 Å². The van der Waals surface area contributed by atoms with Crippen molar-refractivity contribution in [3.63, 3.8) is 0 Å². The van der Waals surface area contributed by atoms with Crippen molar-refractivity contribution in [3.8, 4) is 0 Å². The van der Waals surface area contributed by atoms with Gasteiger partial charge in [-0.25, -0.2) is 4.39 Å². The Morgan fingerprint density at radius 1 is 1.29 bits per heavy atom. The average Bonchev–Trinajstić information content (AvgIpc) is 2.60. The first-order chi connectivity index (χ1) is 7.99. The zero-order chi connectivity index (χ0) is 12.6. The standard InChI is InChI=1S/C13H13ClFNS/c1-7-5-8(2)17-13(7)12(16)10-6-9(14)3-4-11(10)15/h3-6,12H,16H2,1-2H3. The van der Waals surface area contributed by atoms with E-state index in [1.807, 2.05) is 13.8 Å². The lowest BCUT2D eigenvalue weighted by Crippen LogP contribution is -2.13. The molecule has 1 aromatic heterocycles. The van der Waals surface area contributed by atoms with Crippen LogP contribution in [0.3, 0.4) is 0 Å². The first kappa shape index (κ1) is 12.6. The quantitative estimate of drug-likeness (QED) is 0.869. The molecular weight excluding hydrogens is 257 g/mol. The number of benzene rings is 1. The van der Waals surface area contributed by atoms with Gasteiger partial charge < -0.3 is 5.73 Å². The van der Waals surface area contributed by atoms with Gasteiger partial charge in [0.25, 0.3) is 0 Å². The minimum atomic E-state index is -0.451. The molecule has 1 aromatic carbocycles. The number of aryl methyl sites for hydroxylation is 2. The lowest BCUT2D eigenvalue weighted by molar-refractivity contribution is 0.601. The molecule has 2 N–H and O–H groups in total. The van der Waals surface area contributed by atoms with Crippen molar-refractivity contribution in [1.29, 1.82) is 0 Å². The second kappa shape index (κ2) is 4.77. The molecule has 90 valence electrons. The van der Waals surface area contributed by atoms with Crippen LogP contribution in [0.25, 0.3) is 0 Å². The van der Waals surface area contributed by atoms with Gasteiger partial charge in [0.15, 0.2) is 0 Å². The summed E-state index contributed by atoms with van der Waals surface area (Å²) in [4.78, 5) is 2.17. The van der Waals surface area contributed by atoms with Crippen molar-refractivity contribution in [2.45, 2.75) is 19.9 Å². The average molecular weight is 270 g/mol. The molecule has 0 aliphatic heterocycles. The number of nitrogens with two attached hydrogens (primary N) is 1. The van der Waals surface area contributed by atoms with Crippen LogP contribution in [0.15, 0.2) is 24.3 Å². The van der Waals surface area contributed by atoms with Gasteiger partial charge in [-0.05, 0) is 43.7 Å². The highest BCUT2D eigenvalue weighted by Gasteiger charge is 2.17. The van der Waals surface area contributed by atoms with Crippen LogP contribution in [0.4, 0.5) is 4.39 Å². The number of rotatable bonds is 2. The van der Waals surface area contributed by atoms with E-state index in [9.17, 15) is 4.39 Å². The van der Waals surface area contributed by atoms with Gasteiger partial charge in [0.1, 0.15) is 5.82 Å². The molecule has 0 spiro atoms. The minimum Gasteiger partial charge on any atom is -0.320 e. The van der Waals surface area contributed by atoms with Crippen molar-refractivity contribution in [3.05, 3.63) is 56.0 Å². The summed E-state index contributed by atoms with van der Waals surface area (Å²) in [5.74, 6) is -0.313. The van der Waals surface area contributed by atoms with Crippen molar-refractivity contribution in [1.82, 2.24) is 0 Å². The summed E-state index contributed by atoms with van der Waals surface area (Å²) < 4.78 is 13.7. The summed E-state index contributed by atoms with van der Waals surface area (Å²) in [5, 5.41) is 0.503. The maximum absolute atomic E-state index is 13.7. The highest BCUT2D eigenvalue weighted by atomic mass is 35.5. The third-order valence-corrected chi connectivity index (χ3v) is 4.13. The van der Waals surface area contributed by atoms with E-state index >= 15 is 0 Å². The highest BCUT2D eigenvalue weighted by molar-refractivity contribution is 7.12. The van der Waals surface area contributed by atoms with Crippen molar-refractivity contribution in [2.24, 2.45) is 5.73 Å². The molecule has 1 atom stereocenters. The van der Waals surface area contributed by atoms with E-state index in [4.69, 9.17) is 17.3 Å². The second-order valence-corrected chi connectivity index (χ2v) is 5.77. The molecule has 1 unspecified atom stereocenters. The maximum atomic E-state index is 13.7. The van der Waals surface area contributed by atoms with Crippen LogP contribution >= 0.6 is 22.9 Å². The van der Waals surface area contributed by atoms with Crippen LogP contribution in [-0.2, 0) is 0 Å². The van der Waals surface area contributed by atoms with Gasteiger partial charge in [-0.15, -0.1) is 11.3 Å². The molecule has 1 heterocycles. The fourth-order valence-electron chi connectivity index (χ4n) is 1.86. The van der Waals surface area contributed by atoms with E-state index in [0.717, 1.165) is 10.4 Å². The first-order valence-electron chi connectivity index (χ1n) is 5.26. The highest BCUT2D eigenvalue weighted by Crippen LogP contribution is 2.32. The summed E-state index contributed by atoms with van der Waals surface area (Å²) in [7, 11) is 0. The van der Waals surface area contributed by atoms with Crippen molar-refractivity contribution >= 4 is 22.9 Å². The topological polar surface area (TPSA) is 26.0 Å². The normalized spacial score (nSPS) is 12.8. The van der Waals surface area contributed by atoms with Crippen LogP contribution < -0.4 is 5.73 Å². The van der Waals surface area contributed by atoms with Crippen molar-refractivity contribution < 1.29 is 4.39 Å². The van der Waals surface area contributed by atoms with E-state index in [1.54, 1.807) is 17.4 Å². The Bertz CT molecular complexity index is 550. The summed E-state index contributed by atoms with van der Waals surface area (Å²) in [6.07, 6.45) is 0. The lowest BCUT2D eigenvalue weighted by atomic mass is 10.0. The number of halogens is 2. The molecule has 0 saturated carbocycles. The monoisotopic (exact) mass is 269 g/mol. The molecule has 0 fully saturated rings. The second-order valence-electron chi connectivity index (χ2n) is 4.05. The van der Waals surface area contributed by atoms with E-state index in [-0.39, 0.29) is 5.82 Å². The molecular formula is C13H13ClFNS. The minimum absolute atomic E-state index is 0.313. The number of hydrogen-bond donors (Lipinski definition) is 1. The third kappa shape index (κ3) is 2.51. The van der Waals surface area contributed by atoms with E-state index in [2.05, 4.69) is 6.07 Å². The van der Waals surface area contributed by atoms with Gasteiger partial charge in [-0.2, -0.15) is 0 Å². The predicted octanol–water partition coefficient (Wildman–Crippen LogP) is 4.21. The van der Waals surface area contributed by atoms with Gasteiger partial charge >= 0.3 is 0 Å². The van der Waals surface area contributed by atoms with Gasteiger partial charge in [0, 0.05) is 20.3 Å². The van der Waals surface area contributed by atoms with E-state index in [0.29, 0.717) is 10.6 Å². The first-order valence-corrected chi connectivity index (χ1v) is 6.46. The smallest absolute Gasteiger partial charge is 0.128 e. The fraction of sp³-hybridized carbons (Fsp3) is 0.231. The zero-order valence-corrected chi connectivity index (χ0v) is 11.2. The molecule has 2 aromatic rings. The van der Waals surface area contributed by atoms with Crippen LogP contribution in [0, 0.1) is 19.7 Å². The third-order valence-electron chi connectivity index (χ3n) is 2.65. The molecule has 0 aliphatic rings. The Morgan fingerprint density at radius 2 is 2.00 bits per heavy atom. The summed E-state index contributed by atoms with van der Waals surface area (Å²) in [6, 6.07) is 6.08. The van der Waals surface area contributed by atoms with Crippen LogP contribution in [0.2, 0.25) is 5.02 Å². The fourth-order valence-corrected chi connectivity index (χ4v) is 3.10. The number of thiophene rings is 1. The predicted molar refractivity (Wildman–Crippen MR) is 71.2 cm³/mol. The van der Waals surface area contributed by atoms with Gasteiger partial charge in [-0.3, -0.25) is 0 Å². The SMILES string of the molecule is Cc1cc(C)c(C(N)c2cc(Cl)ccc2F)s1. The molecule has 4 heteroatoms. The Kier molecular flexibility index (Phi) is 3.52. The Morgan fingerprint density at radius 3 is 2.59 bits per heavy atom. The molecule has 0 aliphatic carbocycles. The Labute approximate surface area is 109 Å². The molecule has 0 amide bonds. The van der Waals surface area contributed by atoms with E-state index in [1.165, 1.54) is 17.0 Å². The van der Waals surface area contributed by atoms with Crippen LogP contribution in [0.1, 0.15) is 26.9 Å². The number of hydrogen-bond acceptors (Lipinski definition) is 2. The Hall–Kier alpha value is -0.900. The van der Waals surface area contributed by atoms with Crippen LogP contribution in [-0.4, -0.2) is 0 Å². The van der Waals surface area contributed by atoms with Crippen molar-refractivity contribution in [2.75, 3.05) is 0 Å². The van der Waals surface area contributed by atoms with Gasteiger partial charge in [-0.1, -0.05) is 11.6 Å². The largest absolute Gasteiger partial charge is 0.320 e. The summed E-state index contributed by atoms with van der Waals surface area (Å²) in [6.45, 7) is 4.00. The Balaban J connectivity index is 2.46.